The molecule has 2 rings (SSSR count). The van der Waals surface area contributed by atoms with Crippen LogP contribution >= 0.6 is 0 Å². The van der Waals surface area contributed by atoms with E-state index in [-0.39, 0.29) is 18.2 Å². The smallest absolute Gasteiger partial charge is 0.164 e. The topological polar surface area (TPSA) is 62.1 Å². The van der Waals surface area contributed by atoms with Crippen molar-refractivity contribution in [2.75, 3.05) is 7.11 Å². The molecule has 0 spiro atoms. The molecule has 0 saturated carbocycles. The molecule has 0 fully saturated rings. The first-order valence-corrected chi connectivity index (χ1v) is 6.61. The molecule has 0 aliphatic rings. The first kappa shape index (κ1) is 14.9. The van der Waals surface area contributed by atoms with Crippen molar-refractivity contribution >= 4 is 5.78 Å². The second-order valence-corrected chi connectivity index (χ2v) is 4.60. The molecule has 1 atom stereocenters. The Labute approximate surface area is 123 Å². The Bertz CT molecular complexity index is 630. The molecule has 4 nitrogen and oxygen atoms in total. The Morgan fingerprint density at radius 1 is 1.19 bits per heavy atom. The minimum absolute atomic E-state index is 0.0366. The van der Waals surface area contributed by atoms with Gasteiger partial charge in [0.25, 0.3) is 0 Å². The first-order chi connectivity index (χ1) is 10.2. The van der Waals surface area contributed by atoms with E-state index in [9.17, 15) is 4.79 Å². The van der Waals surface area contributed by atoms with Gasteiger partial charge in [0.15, 0.2) is 5.78 Å². The van der Waals surface area contributed by atoms with Crippen LogP contribution in [-0.4, -0.2) is 12.9 Å². The number of nitriles is 1. The molecule has 1 N–H and O–H groups in total. The Morgan fingerprint density at radius 3 is 2.43 bits per heavy atom. The number of carbonyl (C=O) groups is 1. The summed E-state index contributed by atoms with van der Waals surface area (Å²) in [6.07, 6.45) is 0.282. The Morgan fingerprint density at radius 2 is 1.86 bits per heavy atom. The average molecular weight is 280 g/mol. The lowest BCUT2D eigenvalue weighted by molar-refractivity contribution is 0.0545. The highest BCUT2D eigenvalue weighted by molar-refractivity contribution is 5.96. The number of nitrogens with zero attached hydrogens (tertiary/aromatic N) is 1. The molecular weight excluding hydrogens is 264 g/mol. The van der Waals surface area contributed by atoms with Gasteiger partial charge in [-0.15, -0.1) is 0 Å². The fourth-order valence-electron chi connectivity index (χ4n) is 2.09. The number of hydrogen-bond acceptors (Lipinski definition) is 4. The van der Waals surface area contributed by atoms with E-state index in [4.69, 9.17) is 10.1 Å². The van der Waals surface area contributed by atoms with E-state index in [1.165, 1.54) is 7.11 Å². The van der Waals surface area contributed by atoms with Crippen molar-refractivity contribution < 1.29 is 9.63 Å². The summed E-state index contributed by atoms with van der Waals surface area (Å²) >= 11 is 0. The van der Waals surface area contributed by atoms with Gasteiger partial charge in [-0.25, -0.2) is 0 Å². The van der Waals surface area contributed by atoms with Gasteiger partial charge >= 0.3 is 0 Å². The summed E-state index contributed by atoms with van der Waals surface area (Å²) in [5.41, 5.74) is 5.00. The summed E-state index contributed by atoms with van der Waals surface area (Å²) < 4.78 is 0. The van der Waals surface area contributed by atoms with Crippen LogP contribution in [0.2, 0.25) is 0 Å². The predicted molar refractivity (Wildman–Crippen MR) is 79.4 cm³/mol. The molecule has 2 aromatic rings. The molecule has 0 aliphatic heterocycles. The van der Waals surface area contributed by atoms with Crippen molar-refractivity contribution in [1.82, 2.24) is 5.48 Å². The van der Waals surface area contributed by atoms with Crippen molar-refractivity contribution in [1.29, 1.82) is 5.26 Å². The third-order valence-electron chi connectivity index (χ3n) is 3.19. The van der Waals surface area contributed by atoms with Gasteiger partial charge in [-0.3, -0.25) is 4.79 Å². The maximum Gasteiger partial charge on any atom is 0.164 e. The molecule has 0 aromatic heterocycles. The fraction of sp³-hybridized carbons (Fsp3) is 0.176. The number of hydrogen-bond donors (Lipinski definition) is 1. The van der Waals surface area contributed by atoms with E-state index < -0.39 is 0 Å². The van der Waals surface area contributed by atoms with Crippen LogP contribution in [0.15, 0.2) is 54.6 Å². The Hall–Kier alpha value is -2.48. The molecule has 0 amide bonds. The monoisotopic (exact) mass is 280 g/mol. The number of ketones is 1. The van der Waals surface area contributed by atoms with Crippen molar-refractivity contribution in [2.24, 2.45) is 0 Å². The maximum absolute atomic E-state index is 12.3. The minimum atomic E-state index is -0.254. The SMILES string of the molecule is CON[C@@H](CC(=O)c1ccccc1)c1ccc(C#N)cc1. The van der Waals surface area contributed by atoms with Crippen LogP contribution in [0.3, 0.4) is 0 Å². The summed E-state index contributed by atoms with van der Waals surface area (Å²) in [6.45, 7) is 0. The average Bonchev–Trinajstić information content (AvgIpc) is 2.55. The number of benzene rings is 2. The molecule has 0 saturated heterocycles. The van der Waals surface area contributed by atoms with Gasteiger partial charge < -0.3 is 4.84 Å². The maximum atomic E-state index is 12.3. The number of nitrogens with one attached hydrogen (secondary N) is 1. The van der Waals surface area contributed by atoms with E-state index in [2.05, 4.69) is 11.5 Å². The molecule has 4 heteroatoms. The molecular formula is C17H16N2O2. The lowest BCUT2D eigenvalue weighted by Crippen LogP contribution is -2.23. The summed E-state index contributed by atoms with van der Waals surface area (Å²) in [5.74, 6) is 0.0366. The first-order valence-electron chi connectivity index (χ1n) is 6.61. The number of Topliss-reactive ketones (excluding diaryl/α,β-unsaturated/α-hetero) is 1. The summed E-state index contributed by atoms with van der Waals surface area (Å²) in [6, 6.07) is 18.1. The zero-order chi connectivity index (χ0) is 15.1. The zero-order valence-corrected chi connectivity index (χ0v) is 11.7. The van der Waals surface area contributed by atoms with Crippen LogP contribution in [-0.2, 0) is 4.84 Å². The van der Waals surface area contributed by atoms with E-state index >= 15 is 0 Å². The standard InChI is InChI=1S/C17H16N2O2/c1-21-19-16(14-9-7-13(12-18)8-10-14)11-17(20)15-5-3-2-4-6-15/h2-10,16,19H,11H2,1H3/t16-/m0/s1. The molecule has 0 bridgehead atoms. The largest absolute Gasteiger partial charge is 0.305 e. The summed E-state index contributed by atoms with van der Waals surface area (Å²) in [5, 5.41) is 8.82. The van der Waals surface area contributed by atoms with Gasteiger partial charge in [-0.1, -0.05) is 42.5 Å². The van der Waals surface area contributed by atoms with Gasteiger partial charge in [0.1, 0.15) is 0 Å². The van der Waals surface area contributed by atoms with Crippen molar-refractivity contribution in [3.8, 4) is 6.07 Å². The highest BCUT2D eigenvalue weighted by Crippen LogP contribution is 2.20. The molecule has 0 aliphatic carbocycles. The van der Waals surface area contributed by atoms with Crippen LogP contribution in [0, 0.1) is 11.3 Å². The van der Waals surface area contributed by atoms with E-state index in [0.717, 1.165) is 5.56 Å². The third kappa shape index (κ3) is 3.99. The number of carbonyl (C=O) groups excluding carboxylic acids is 1. The summed E-state index contributed by atoms with van der Waals surface area (Å²) in [7, 11) is 1.52. The Balaban J connectivity index is 2.15. The van der Waals surface area contributed by atoms with Crippen LogP contribution in [0.25, 0.3) is 0 Å². The number of hydroxylamine groups is 1. The predicted octanol–water partition coefficient (Wildman–Crippen LogP) is 3.02. The molecule has 21 heavy (non-hydrogen) atoms. The summed E-state index contributed by atoms with van der Waals surface area (Å²) in [4.78, 5) is 17.3. The highest BCUT2D eigenvalue weighted by Gasteiger charge is 2.17. The molecule has 106 valence electrons. The van der Waals surface area contributed by atoms with Gasteiger partial charge in [0.05, 0.1) is 24.8 Å². The van der Waals surface area contributed by atoms with Crippen molar-refractivity contribution in [3.05, 3.63) is 71.3 Å². The molecule has 0 heterocycles. The van der Waals surface area contributed by atoms with E-state index in [1.54, 1.807) is 24.3 Å². The van der Waals surface area contributed by atoms with Crippen LogP contribution in [0.5, 0.6) is 0 Å². The highest BCUT2D eigenvalue weighted by atomic mass is 16.6. The van der Waals surface area contributed by atoms with Crippen LogP contribution in [0.1, 0.15) is 33.9 Å². The van der Waals surface area contributed by atoms with Gasteiger partial charge in [-0.05, 0) is 17.7 Å². The van der Waals surface area contributed by atoms with Crippen molar-refractivity contribution in [3.63, 3.8) is 0 Å². The minimum Gasteiger partial charge on any atom is -0.305 e. The second kappa shape index (κ2) is 7.34. The third-order valence-corrected chi connectivity index (χ3v) is 3.19. The van der Waals surface area contributed by atoms with Gasteiger partial charge in [-0.2, -0.15) is 10.7 Å². The van der Waals surface area contributed by atoms with Gasteiger partial charge in [0, 0.05) is 12.0 Å². The van der Waals surface area contributed by atoms with E-state index in [0.29, 0.717) is 11.1 Å². The van der Waals surface area contributed by atoms with Gasteiger partial charge in [0.2, 0.25) is 0 Å². The zero-order valence-electron chi connectivity index (χ0n) is 11.7. The molecule has 2 aromatic carbocycles. The molecule has 0 unspecified atom stereocenters. The van der Waals surface area contributed by atoms with Crippen molar-refractivity contribution in [2.45, 2.75) is 12.5 Å². The normalized spacial score (nSPS) is 11.6. The Kier molecular flexibility index (Phi) is 5.22. The lowest BCUT2D eigenvalue weighted by Gasteiger charge is -2.17. The van der Waals surface area contributed by atoms with Crippen LogP contribution < -0.4 is 5.48 Å². The molecule has 0 radical (unpaired) electrons. The number of rotatable bonds is 6. The lowest BCUT2D eigenvalue weighted by atomic mass is 9.98. The van der Waals surface area contributed by atoms with E-state index in [1.807, 2.05) is 30.3 Å². The fourth-order valence-corrected chi connectivity index (χ4v) is 2.09. The van der Waals surface area contributed by atoms with Crippen LogP contribution in [0.4, 0.5) is 0 Å². The quantitative estimate of drug-likeness (QED) is 0.652. The second-order valence-electron chi connectivity index (χ2n) is 4.60.